The highest BCUT2D eigenvalue weighted by atomic mass is 19.4. The number of hydrogen-bond donors (Lipinski definition) is 2. The van der Waals surface area contributed by atoms with Crippen LogP contribution in [0, 0.1) is 23.2 Å². The highest BCUT2D eigenvalue weighted by Crippen LogP contribution is 2.60. The lowest BCUT2D eigenvalue weighted by atomic mass is 9.49. The number of carbonyl (C=O) groups is 1. The van der Waals surface area contributed by atoms with Crippen LogP contribution >= 0.6 is 0 Å². The van der Waals surface area contributed by atoms with Crippen LogP contribution in [-0.2, 0) is 24.7 Å². The smallest absolute Gasteiger partial charge is 0.475 e. The Hall–Kier alpha value is -2.88. The summed E-state index contributed by atoms with van der Waals surface area (Å²) in [6.45, 7) is 0. The number of rotatable bonds is 5. The summed E-state index contributed by atoms with van der Waals surface area (Å²) in [7, 11) is 2.08. The number of aliphatic carboxylic acids is 1. The van der Waals surface area contributed by atoms with Gasteiger partial charge in [0.15, 0.2) is 5.82 Å². The molecular weight excluding hydrogens is 473 g/mol. The molecule has 0 saturated heterocycles. The van der Waals surface area contributed by atoms with Crippen molar-refractivity contribution in [3.05, 3.63) is 47.7 Å². The molecule has 1 unspecified atom stereocenters. The van der Waals surface area contributed by atoms with Crippen LogP contribution in [0.4, 0.5) is 13.2 Å². The molecule has 1 atom stereocenters. The lowest BCUT2D eigenvalue weighted by molar-refractivity contribution is -0.192. The molecule has 1 aromatic carbocycles. The molecule has 4 fully saturated rings. The number of nitrogens with zero attached hydrogens (tertiary/aromatic N) is 3. The van der Waals surface area contributed by atoms with Crippen molar-refractivity contribution in [2.45, 2.75) is 63.6 Å². The van der Waals surface area contributed by atoms with Gasteiger partial charge in [0.2, 0.25) is 5.89 Å². The quantitative estimate of drug-likeness (QED) is 0.495. The maximum Gasteiger partial charge on any atom is 0.490 e. The molecule has 0 radical (unpaired) electrons. The van der Waals surface area contributed by atoms with Crippen LogP contribution in [0.15, 0.2) is 35.0 Å². The van der Waals surface area contributed by atoms with Crippen LogP contribution in [0.3, 0.4) is 0 Å². The molecule has 2 aromatic heterocycles. The van der Waals surface area contributed by atoms with Crippen molar-refractivity contribution >= 4 is 16.9 Å². The molecule has 0 amide bonds. The highest BCUT2D eigenvalue weighted by Gasteiger charge is 2.51. The molecule has 36 heavy (non-hydrogen) atoms. The first-order valence-corrected chi connectivity index (χ1v) is 12.4. The Labute approximate surface area is 206 Å². The molecule has 4 aliphatic rings. The van der Waals surface area contributed by atoms with Crippen molar-refractivity contribution in [2.24, 2.45) is 36.0 Å². The minimum atomic E-state index is -5.08. The lowest BCUT2D eigenvalue weighted by Crippen LogP contribution is -2.47. The minimum absolute atomic E-state index is 0.265. The zero-order valence-electron chi connectivity index (χ0n) is 20.2. The summed E-state index contributed by atoms with van der Waals surface area (Å²) in [6.07, 6.45) is 7.26. The third kappa shape index (κ3) is 5.00. The van der Waals surface area contributed by atoms with Gasteiger partial charge in [0.1, 0.15) is 0 Å². The number of carboxylic acids is 1. The van der Waals surface area contributed by atoms with Gasteiger partial charge in [-0.2, -0.15) is 18.2 Å². The topological polar surface area (TPSA) is 107 Å². The monoisotopic (exact) mass is 504 g/mol. The molecule has 4 saturated carbocycles. The van der Waals surface area contributed by atoms with Crippen LogP contribution in [-0.4, -0.2) is 32.0 Å². The van der Waals surface area contributed by atoms with E-state index in [-0.39, 0.29) is 6.04 Å². The number of hydrogen-bond acceptors (Lipinski definition) is 5. The summed E-state index contributed by atoms with van der Waals surface area (Å²) in [6, 6.07) is 8.18. The van der Waals surface area contributed by atoms with Crippen LogP contribution < -0.4 is 5.73 Å². The number of halogens is 3. The summed E-state index contributed by atoms with van der Waals surface area (Å²) in [4.78, 5) is 13.7. The Balaban J connectivity index is 0.000000338. The van der Waals surface area contributed by atoms with Crippen LogP contribution in [0.25, 0.3) is 10.9 Å². The zero-order valence-corrected chi connectivity index (χ0v) is 20.2. The van der Waals surface area contributed by atoms with Gasteiger partial charge in [-0.05, 0) is 79.7 Å². The van der Waals surface area contributed by atoms with E-state index in [0.717, 1.165) is 30.0 Å². The third-order valence-electron chi connectivity index (χ3n) is 8.16. The number of carboxylic acid groups (broad SMARTS) is 1. The van der Waals surface area contributed by atoms with Crippen molar-refractivity contribution < 1.29 is 27.6 Å². The number of fused-ring (bicyclic) bond motifs is 1. The van der Waals surface area contributed by atoms with Gasteiger partial charge in [0.05, 0.1) is 6.04 Å². The van der Waals surface area contributed by atoms with Gasteiger partial charge in [0.25, 0.3) is 0 Å². The summed E-state index contributed by atoms with van der Waals surface area (Å²) < 4.78 is 39.5. The molecule has 3 aromatic rings. The van der Waals surface area contributed by atoms with Crippen molar-refractivity contribution in [3.8, 4) is 0 Å². The third-order valence-corrected chi connectivity index (χ3v) is 8.16. The van der Waals surface area contributed by atoms with Gasteiger partial charge in [0, 0.05) is 30.6 Å². The van der Waals surface area contributed by atoms with Gasteiger partial charge >= 0.3 is 12.1 Å². The average molecular weight is 505 g/mol. The second-order valence-corrected chi connectivity index (χ2v) is 11.0. The fourth-order valence-electron chi connectivity index (χ4n) is 7.24. The summed E-state index contributed by atoms with van der Waals surface area (Å²) in [5.41, 5.74) is 9.38. The Bertz CT molecular complexity index is 1210. The first-order valence-electron chi connectivity index (χ1n) is 12.4. The van der Waals surface area contributed by atoms with E-state index in [1.807, 2.05) is 0 Å². The number of aromatic nitrogens is 3. The van der Waals surface area contributed by atoms with Crippen molar-refractivity contribution in [3.63, 3.8) is 0 Å². The van der Waals surface area contributed by atoms with E-state index in [2.05, 4.69) is 47.2 Å². The van der Waals surface area contributed by atoms with E-state index in [0.29, 0.717) is 17.7 Å². The fraction of sp³-hybridized carbons (Fsp3) is 0.577. The second-order valence-electron chi connectivity index (χ2n) is 11.0. The summed E-state index contributed by atoms with van der Waals surface area (Å²) in [5.74, 6) is 1.53. The van der Waals surface area contributed by atoms with Gasteiger partial charge in [-0.15, -0.1) is 0 Å². The maximum absolute atomic E-state index is 10.6. The van der Waals surface area contributed by atoms with E-state index in [9.17, 15) is 13.2 Å². The molecule has 0 aliphatic heterocycles. The number of benzene rings is 1. The van der Waals surface area contributed by atoms with Crippen molar-refractivity contribution in [2.75, 3.05) is 0 Å². The van der Waals surface area contributed by atoms with E-state index in [1.54, 1.807) is 0 Å². The lowest BCUT2D eigenvalue weighted by Gasteiger charge is -2.56. The molecule has 194 valence electrons. The standard InChI is InChI=1S/C24H30N4O.C2HF3O2/c1-28-14-18(19-4-2-3-5-21(19)28)9-20(25)23-26-22(27-29-23)13-24-10-15-6-16(11-24)8-17(7-15)12-24;3-2(4,5)1(6)7/h2-5,14-17,20H,6-13,25H2,1H3;(H,6,7). The van der Waals surface area contributed by atoms with Crippen LogP contribution in [0.5, 0.6) is 0 Å². The Morgan fingerprint density at radius 1 is 1.19 bits per heavy atom. The van der Waals surface area contributed by atoms with Gasteiger partial charge in [-0.1, -0.05) is 23.4 Å². The van der Waals surface area contributed by atoms with Crippen molar-refractivity contribution in [1.82, 2.24) is 14.7 Å². The van der Waals surface area contributed by atoms with Gasteiger partial charge < -0.3 is 19.9 Å². The Kier molecular flexibility index (Phi) is 6.34. The van der Waals surface area contributed by atoms with Gasteiger partial charge in [-0.25, -0.2) is 4.79 Å². The molecule has 10 heteroatoms. The van der Waals surface area contributed by atoms with E-state index in [4.69, 9.17) is 25.1 Å². The molecular formula is C26H31F3N4O3. The molecule has 0 spiro atoms. The normalized spacial score (nSPS) is 27.6. The van der Waals surface area contributed by atoms with Crippen LogP contribution in [0.1, 0.15) is 61.8 Å². The van der Waals surface area contributed by atoms with E-state index in [1.165, 1.54) is 55.0 Å². The van der Waals surface area contributed by atoms with Crippen molar-refractivity contribution in [1.29, 1.82) is 0 Å². The summed E-state index contributed by atoms with van der Waals surface area (Å²) in [5, 5.41) is 12.7. The minimum Gasteiger partial charge on any atom is -0.475 e. The van der Waals surface area contributed by atoms with Crippen LogP contribution in [0.2, 0.25) is 0 Å². The number of para-hydroxylation sites is 1. The average Bonchev–Trinajstić information content (AvgIpc) is 3.37. The molecule has 2 heterocycles. The molecule has 3 N–H and O–H groups in total. The Morgan fingerprint density at radius 3 is 2.36 bits per heavy atom. The first-order chi connectivity index (χ1) is 17.0. The highest BCUT2D eigenvalue weighted by molar-refractivity contribution is 5.83. The zero-order chi connectivity index (χ0) is 25.7. The van der Waals surface area contributed by atoms with Gasteiger partial charge in [-0.3, -0.25) is 0 Å². The maximum atomic E-state index is 10.6. The number of alkyl halides is 3. The molecule has 4 bridgehead atoms. The molecule has 7 nitrogen and oxygen atoms in total. The molecule has 7 rings (SSSR count). The van der Waals surface area contributed by atoms with E-state index >= 15 is 0 Å². The Morgan fingerprint density at radius 2 is 1.78 bits per heavy atom. The second kappa shape index (κ2) is 9.21. The first kappa shape index (κ1) is 24.8. The van der Waals surface area contributed by atoms with E-state index < -0.39 is 12.1 Å². The fourth-order valence-corrected chi connectivity index (χ4v) is 7.24. The molecule has 4 aliphatic carbocycles. The predicted octanol–water partition coefficient (Wildman–Crippen LogP) is 5.20. The predicted molar refractivity (Wildman–Crippen MR) is 126 cm³/mol. The SMILES string of the molecule is Cn1cc(CC(N)c2nc(CC34CC5CC(CC(C5)C3)C4)no2)c2ccccc21.O=C(O)C(F)(F)F. The number of nitrogens with two attached hydrogens (primary N) is 1. The largest absolute Gasteiger partial charge is 0.490 e. The summed E-state index contributed by atoms with van der Waals surface area (Å²) >= 11 is 0. The number of aryl methyl sites for hydroxylation is 1.